The average Bonchev–Trinajstić information content (AvgIpc) is 3.44. The summed E-state index contributed by atoms with van der Waals surface area (Å²) in [6, 6.07) is 13.6. The Bertz CT molecular complexity index is 967. The predicted molar refractivity (Wildman–Crippen MR) is 97.7 cm³/mol. The number of carbonyl (C=O) groups excluding carboxylic acids is 1. The Morgan fingerprint density at radius 1 is 1.08 bits per heavy atom. The second kappa shape index (κ2) is 6.03. The Morgan fingerprint density at radius 3 is 2.64 bits per heavy atom. The molecule has 3 aromatic rings. The number of hydrazine groups is 1. The number of nitrogens with two attached hydrogens (primary N) is 2. The SMILES string of the molecule is NNc1nc(N)nc2ccc(-c3cccc(C(=O)NC4CC4)c3)cc12. The number of aromatic nitrogens is 2. The van der Waals surface area contributed by atoms with Gasteiger partial charge in [0, 0.05) is 17.0 Å². The van der Waals surface area contributed by atoms with Gasteiger partial charge in [-0.3, -0.25) is 4.79 Å². The molecule has 7 nitrogen and oxygen atoms in total. The first-order valence-corrected chi connectivity index (χ1v) is 8.09. The van der Waals surface area contributed by atoms with Crippen LogP contribution in [0.25, 0.3) is 22.0 Å². The van der Waals surface area contributed by atoms with Crippen LogP contribution in [0.1, 0.15) is 23.2 Å². The number of hydrogen-bond acceptors (Lipinski definition) is 6. The molecule has 1 saturated carbocycles. The summed E-state index contributed by atoms with van der Waals surface area (Å²) >= 11 is 0. The van der Waals surface area contributed by atoms with Crippen molar-refractivity contribution in [1.29, 1.82) is 0 Å². The van der Waals surface area contributed by atoms with Crippen molar-refractivity contribution in [2.75, 3.05) is 11.2 Å². The number of amides is 1. The molecule has 6 N–H and O–H groups in total. The molecule has 0 unspecified atom stereocenters. The first-order chi connectivity index (χ1) is 12.1. The van der Waals surface area contributed by atoms with Gasteiger partial charge < -0.3 is 16.5 Å². The van der Waals surface area contributed by atoms with Gasteiger partial charge in [-0.25, -0.2) is 10.8 Å². The maximum Gasteiger partial charge on any atom is 0.251 e. The first-order valence-electron chi connectivity index (χ1n) is 8.09. The number of nitrogen functional groups attached to an aromatic ring is 2. The Morgan fingerprint density at radius 2 is 1.88 bits per heavy atom. The molecule has 0 atom stereocenters. The molecule has 0 spiro atoms. The summed E-state index contributed by atoms with van der Waals surface area (Å²) in [6.07, 6.45) is 2.13. The van der Waals surface area contributed by atoms with Crippen LogP contribution in [0.3, 0.4) is 0 Å². The van der Waals surface area contributed by atoms with Crippen molar-refractivity contribution >= 4 is 28.6 Å². The topological polar surface area (TPSA) is 119 Å². The van der Waals surface area contributed by atoms with E-state index in [1.165, 1.54) is 0 Å². The minimum absolute atomic E-state index is 0.0365. The van der Waals surface area contributed by atoms with Gasteiger partial charge in [0.05, 0.1) is 5.52 Å². The van der Waals surface area contributed by atoms with Gasteiger partial charge in [0.15, 0.2) is 5.82 Å². The zero-order valence-corrected chi connectivity index (χ0v) is 13.5. The number of rotatable bonds is 4. The number of nitrogens with one attached hydrogen (secondary N) is 2. The molecule has 0 radical (unpaired) electrons. The van der Waals surface area contributed by atoms with E-state index in [1.54, 1.807) is 0 Å². The number of carbonyl (C=O) groups is 1. The number of fused-ring (bicyclic) bond motifs is 1. The lowest BCUT2D eigenvalue weighted by Gasteiger charge is -2.09. The van der Waals surface area contributed by atoms with Crippen LogP contribution in [-0.2, 0) is 0 Å². The fraction of sp³-hybridized carbons (Fsp3) is 0.167. The highest BCUT2D eigenvalue weighted by molar-refractivity contribution is 5.97. The van der Waals surface area contributed by atoms with Gasteiger partial charge in [0.1, 0.15) is 0 Å². The normalized spacial score (nSPS) is 13.6. The molecule has 1 heterocycles. The van der Waals surface area contributed by atoms with E-state index >= 15 is 0 Å². The Labute approximate surface area is 144 Å². The summed E-state index contributed by atoms with van der Waals surface area (Å²) in [5.41, 5.74) is 11.5. The van der Waals surface area contributed by atoms with Gasteiger partial charge in [-0.2, -0.15) is 4.98 Å². The molecule has 1 amide bonds. The third-order valence-corrected chi connectivity index (χ3v) is 4.22. The summed E-state index contributed by atoms with van der Waals surface area (Å²) in [6.45, 7) is 0. The van der Waals surface area contributed by atoms with Crippen LogP contribution in [0, 0.1) is 0 Å². The fourth-order valence-corrected chi connectivity index (χ4v) is 2.77. The van der Waals surface area contributed by atoms with E-state index in [-0.39, 0.29) is 11.9 Å². The van der Waals surface area contributed by atoms with Gasteiger partial charge >= 0.3 is 0 Å². The largest absolute Gasteiger partial charge is 0.368 e. The molecule has 1 aromatic heterocycles. The van der Waals surface area contributed by atoms with Crippen molar-refractivity contribution in [3.05, 3.63) is 48.0 Å². The molecule has 4 rings (SSSR count). The zero-order valence-electron chi connectivity index (χ0n) is 13.5. The highest BCUT2D eigenvalue weighted by Crippen LogP contribution is 2.28. The molecule has 1 fully saturated rings. The van der Waals surface area contributed by atoms with Crippen LogP contribution < -0.4 is 22.3 Å². The van der Waals surface area contributed by atoms with Crippen LogP contribution in [0.4, 0.5) is 11.8 Å². The zero-order chi connectivity index (χ0) is 17.4. The van der Waals surface area contributed by atoms with Gasteiger partial charge in [-0.15, -0.1) is 0 Å². The average molecular weight is 334 g/mol. The van der Waals surface area contributed by atoms with Crippen LogP contribution in [0.15, 0.2) is 42.5 Å². The first kappa shape index (κ1) is 15.3. The molecule has 0 bridgehead atoms. The number of hydrogen-bond donors (Lipinski definition) is 4. The number of nitrogens with zero attached hydrogens (tertiary/aromatic N) is 2. The Balaban J connectivity index is 1.73. The highest BCUT2D eigenvalue weighted by Gasteiger charge is 2.23. The van der Waals surface area contributed by atoms with E-state index in [4.69, 9.17) is 11.6 Å². The molecular formula is C18H18N6O. The summed E-state index contributed by atoms with van der Waals surface area (Å²) < 4.78 is 0. The summed E-state index contributed by atoms with van der Waals surface area (Å²) in [4.78, 5) is 20.6. The van der Waals surface area contributed by atoms with Crippen molar-refractivity contribution in [2.45, 2.75) is 18.9 Å². The summed E-state index contributed by atoms with van der Waals surface area (Å²) in [5.74, 6) is 6.13. The highest BCUT2D eigenvalue weighted by atomic mass is 16.1. The van der Waals surface area contributed by atoms with E-state index in [2.05, 4.69) is 20.7 Å². The quantitative estimate of drug-likeness (QED) is 0.428. The van der Waals surface area contributed by atoms with Gasteiger partial charge in [0.2, 0.25) is 5.95 Å². The summed E-state index contributed by atoms with van der Waals surface area (Å²) in [7, 11) is 0. The molecule has 25 heavy (non-hydrogen) atoms. The smallest absolute Gasteiger partial charge is 0.251 e. The lowest BCUT2D eigenvalue weighted by molar-refractivity contribution is 0.0951. The minimum atomic E-state index is -0.0365. The van der Waals surface area contributed by atoms with E-state index in [9.17, 15) is 4.79 Å². The molecule has 126 valence electrons. The van der Waals surface area contributed by atoms with Crippen molar-refractivity contribution in [1.82, 2.24) is 15.3 Å². The van der Waals surface area contributed by atoms with Gasteiger partial charge in [-0.1, -0.05) is 18.2 Å². The monoisotopic (exact) mass is 334 g/mol. The molecule has 0 aliphatic heterocycles. The lowest BCUT2D eigenvalue weighted by Crippen LogP contribution is -2.25. The van der Waals surface area contributed by atoms with E-state index in [0.717, 1.165) is 29.4 Å². The van der Waals surface area contributed by atoms with E-state index in [0.29, 0.717) is 22.9 Å². The standard InChI is InChI=1S/C18H18N6O/c19-18-22-15-7-4-11(9-14(15)16(23-18)24-20)10-2-1-3-12(8-10)17(25)21-13-5-6-13/h1-4,7-9,13H,5-6,20H2,(H,21,25)(H3,19,22,23,24). The van der Waals surface area contributed by atoms with Crippen molar-refractivity contribution in [2.24, 2.45) is 5.84 Å². The molecule has 0 saturated heterocycles. The molecule has 7 heteroatoms. The Kier molecular flexibility index (Phi) is 3.70. The maximum atomic E-state index is 12.3. The minimum Gasteiger partial charge on any atom is -0.368 e. The van der Waals surface area contributed by atoms with Crippen LogP contribution >= 0.6 is 0 Å². The van der Waals surface area contributed by atoms with Crippen molar-refractivity contribution < 1.29 is 4.79 Å². The summed E-state index contributed by atoms with van der Waals surface area (Å²) in [5, 5.41) is 3.77. The fourth-order valence-electron chi connectivity index (χ4n) is 2.77. The van der Waals surface area contributed by atoms with Crippen LogP contribution in [-0.4, -0.2) is 21.9 Å². The molecular weight excluding hydrogens is 316 g/mol. The van der Waals surface area contributed by atoms with Crippen LogP contribution in [0.2, 0.25) is 0 Å². The van der Waals surface area contributed by atoms with Crippen molar-refractivity contribution in [3.63, 3.8) is 0 Å². The van der Waals surface area contributed by atoms with Gasteiger partial charge in [0.25, 0.3) is 5.91 Å². The second-order valence-corrected chi connectivity index (χ2v) is 6.14. The number of benzene rings is 2. The third kappa shape index (κ3) is 3.09. The molecule has 2 aromatic carbocycles. The molecule has 1 aliphatic rings. The van der Waals surface area contributed by atoms with Crippen molar-refractivity contribution in [3.8, 4) is 11.1 Å². The maximum absolute atomic E-state index is 12.3. The second-order valence-electron chi connectivity index (χ2n) is 6.14. The van der Waals surface area contributed by atoms with E-state index in [1.807, 2.05) is 42.5 Å². The molecule has 1 aliphatic carbocycles. The van der Waals surface area contributed by atoms with Crippen LogP contribution in [0.5, 0.6) is 0 Å². The third-order valence-electron chi connectivity index (χ3n) is 4.22. The van der Waals surface area contributed by atoms with Gasteiger partial charge in [-0.05, 0) is 48.2 Å². The Hall–Kier alpha value is -3.19. The lowest BCUT2D eigenvalue weighted by atomic mass is 10.0. The van der Waals surface area contributed by atoms with E-state index < -0.39 is 0 Å². The predicted octanol–water partition coefficient (Wildman–Crippen LogP) is 2.06. The number of anilines is 2.